The van der Waals surface area contributed by atoms with Gasteiger partial charge in [-0.1, -0.05) is 50.1 Å². The summed E-state index contributed by atoms with van der Waals surface area (Å²) < 4.78 is 9.23. The van der Waals surface area contributed by atoms with E-state index in [0.29, 0.717) is 6.42 Å². The van der Waals surface area contributed by atoms with Crippen molar-refractivity contribution in [1.29, 1.82) is 0 Å². The Labute approximate surface area is 133 Å². The summed E-state index contributed by atoms with van der Waals surface area (Å²) >= 11 is 0. The number of amides is 1. The van der Waals surface area contributed by atoms with Crippen LogP contribution in [-0.2, 0) is 14.2 Å². The molecule has 5 nitrogen and oxygen atoms in total. The smallest absolute Gasteiger partial charge is 0.410 e. The fraction of sp³-hybridized carbons (Fsp3) is 0.500. The van der Waals surface area contributed by atoms with Gasteiger partial charge in [-0.2, -0.15) is 0 Å². The lowest BCUT2D eigenvalue weighted by molar-refractivity contribution is -0.140. The second-order valence-electron chi connectivity index (χ2n) is 5.06. The molecule has 6 heteroatoms. The zero-order chi connectivity index (χ0) is 16.5. The average Bonchev–Trinajstić information content (AvgIpc) is 2.57. The molecule has 0 saturated heterocycles. The summed E-state index contributed by atoms with van der Waals surface area (Å²) in [6.45, 7) is 3.85. The summed E-state index contributed by atoms with van der Waals surface area (Å²) in [4.78, 5) is 25.6. The van der Waals surface area contributed by atoms with Gasteiger partial charge in [-0.15, -0.1) is 0 Å². The Kier molecular flexibility index (Phi) is 7.50. The highest BCUT2D eigenvalue weighted by Crippen LogP contribution is 2.26. The van der Waals surface area contributed by atoms with Crippen LogP contribution in [0.2, 0.25) is 0 Å². The number of rotatable bonds is 7. The van der Waals surface area contributed by atoms with Gasteiger partial charge in [0.2, 0.25) is 0 Å². The Morgan fingerprint density at radius 1 is 1.27 bits per heavy atom. The zero-order valence-corrected chi connectivity index (χ0v) is 13.3. The third-order valence-corrected chi connectivity index (χ3v) is 3.64. The lowest BCUT2D eigenvalue weighted by atomic mass is 10.0. The molecule has 1 unspecified atom stereocenters. The number of methoxy groups -OCH3 is 1. The fourth-order valence-corrected chi connectivity index (χ4v) is 2.40. The molecule has 2 atom stereocenters. The summed E-state index contributed by atoms with van der Waals surface area (Å²) in [6, 6.07) is 8.33. The van der Waals surface area contributed by atoms with Crippen molar-refractivity contribution in [2.24, 2.45) is 0 Å². The van der Waals surface area contributed by atoms with E-state index in [2.05, 4.69) is 4.65 Å². The number of unbranched alkanes of at least 4 members (excludes halogenated alkanes) is 1. The van der Waals surface area contributed by atoms with E-state index in [1.54, 1.807) is 0 Å². The van der Waals surface area contributed by atoms with Gasteiger partial charge in [-0.3, -0.25) is 9.69 Å². The third-order valence-electron chi connectivity index (χ3n) is 3.64. The van der Waals surface area contributed by atoms with Crippen molar-refractivity contribution in [2.45, 2.75) is 45.2 Å². The summed E-state index contributed by atoms with van der Waals surface area (Å²) in [5, 5.41) is 0. The zero-order valence-electron chi connectivity index (χ0n) is 13.3. The molecule has 0 aliphatic rings. The van der Waals surface area contributed by atoms with E-state index in [-0.39, 0.29) is 6.04 Å². The van der Waals surface area contributed by atoms with E-state index in [1.807, 2.05) is 44.2 Å². The minimum absolute atomic E-state index is 0.338. The second kappa shape index (κ2) is 9.13. The standard InChI is InChI=1S/C16H22BNO4/c1-4-5-11-14(15(19)22-17)18(16(20)21-3)12(2)13-9-7-6-8-10-13/h6-10,12,14H,4-5,11H2,1-3H3/t12-,14?/m0/s1. The molecule has 1 aromatic rings. The van der Waals surface area contributed by atoms with Crippen molar-refractivity contribution in [3.8, 4) is 0 Å². The Morgan fingerprint density at radius 3 is 2.41 bits per heavy atom. The molecular weight excluding hydrogens is 281 g/mol. The minimum atomic E-state index is -0.771. The van der Waals surface area contributed by atoms with E-state index >= 15 is 0 Å². The Morgan fingerprint density at radius 2 is 1.91 bits per heavy atom. The molecular formula is C16H22BNO4. The molecule has 0 spiro atoms. The van der Waals surface area contributed by atoms with Crippen LogP contribution in [-0.4, -0.2) is 38.2 Å². The van der Waals surface area contributed by atoms with Crippen LogP contribution in [0.5, 0.6) is 0 Å². The van der Waals surface area contributed by atoms with Gasteiger partial charge < -0.3 is 9.39 Å². The number of ether oxygens (including phenoxy) is 1. The maximum absolute atomic E-state index is 12.2. The van der Waals surface area contributed by atoms with Crippen LogP contribution in [0, 0.1) is 0 Å². The van der Waals surface area contributed by atoms with Crippen LogP contribution in [0.15, 0.2) is 30.3 Å². The van der Waals surface area contributed by atoms with Crippen LogP contribution in [0.3, 0.4) is 0 Å². The van der Waals surface area contributed by atoms with Gasteiger partial charge in [0, 0.05) is 0 Å². The van der Waals surface area contributed by atoms with E-state index in [1.165, 1.54) is 12.0 Å². The number of nitrogens with zero attached hydrogens (tertiary/aromatic N) is 1. The monoisotopic (exact) mass is 303 g/mol. The van der Waals surface area contributed by atoms with Crippen LogP contribution in [0.25, 0.3) is 0 Å². The number of carbonyl (C=O) groups is 2. The molecule has 0 N–H and O–H groups in total. The molecule has 22 heavy (non-hydrogen) atoms. The Hall–Kier alpha value is -1.98. The average molecular weight is 303 g/mol. The van der Waals surface area contributed by atoms with Gasteiger partial charge in [0.05, 0.1) is 13.2 Å². The van der Waals surface area contributed by atoms with E-state index in [9.17, 15) is 9.59 Å². The Bertz CT molecular complexity index is 480. The maximum atomic E-state index is 12.2. The SMILES string of the molecule is [B]OC(=O)C(CCCC)N(C(=O)OC)[C@@H](C)c1ccccc1. The first-order chi connectivity index (χ1) is 10.6. The highest BCUT2D eigenvalue weighted by Gasteiger charge is 2.34. The highest BCUT2D eigenvalue weighted by atomic mass is 16.5. The van der Waals surface area contributed by atoms with E-state index in [0.717, 1.165) is 18.4 Å². The molecule has 0 aliphatic carbocycles. The molecule has 1 amide bonds. The van der Waals surface area contributed by atoms with Gasteiger partial charge >= 0.3 is 20.1 Å². The molecule has 0 bridgehead atoms. The fourth-order valence-electron chi connectivity index (χ4n) is 2.40. The predicted molar refractivity (Wildman–Crippen MR) is 84.3 cm³/mol. The number of hydrogen-bond donors (Lipinski definition) is 0. The first-order valence-electron chi connectivity index (χ1n) is 7.38. The van der Waals surface area contributed by atoms with Gasteiger partial charge in [0.15, 0.2) is 0 Å². The lowest BCUT2D eigenvalue weighted by Gasteiger charge is -2.34. The van der Waals surface area contributed by atoms with Crippen LogP contribution in [0.1, 0.15) is 44.7 Å². The van der Waals surface area contributed by atoms with Gasteiger partial charge in [-0.25, -0.2) is 4.79 Å². The summed E-state index contributed by atoms with van der Waals surface area (Å²) in [5.41, 5.74) is 0.902. The lowest BCUT2D eigenvalue weighted by Crippen LogP contribution is -2.47. The van der Waals surface area contributed by atoms with Crippen molar-refractivity contribution in [1.82, 2.24) is 4.90 Å². The van der Waals surface area contributed by atoms with Crippen molar-refractivity contribution in [3.63, 3.8) is 0 Å². The second-order valence-corrected chi connectivity index (χ2v) is 5.06. The molecule has 0 aliphatic heterocycles. The largest absolute Gasteiger partial charge is 0.542 e. The van der Waals surface area contributed by atoms with Crippen molar-refractivity contribution >= 4 is 20.1 Å². The molecule has 2 radical (unpaired) electrons. The molecule has 1 aromatic carbocycles. The normalized spacial score (nSPS) is 13.0. The summed E-state index contributed by atoms with van der Waals surface area (Å²) in [6.07, 6.45) is 1.55. The molecule has 0 heterocycles. The predicted octanol–water partition coefficient (Wildman–Crippen LogP) is 3.00. The molecule has 0 aromatic heterocycles. The van der Waals surface area contributed by atoms with Gasteiger partial charge in [-0.05, 0) is 18.9 Å². The maximum Gasteiger partial charge on any atom is 0.410 e. The van der Waals surface area contributed by atoms with Crippen molar-refractivity contribution in [2.75, 3.05) is 7.11 Å². The third kappa shape index (κ3) is 4.51. The minimum Gasteiger partial charge on any atom is -0.542 e. The molecule has 118 valence electrons. The van der Waals surface area contributed by atoms with E-state index in [4.69, 9.17) is 12.8 Å². The van der Waals surface area contributed by atoms with Crippen LogP contribution < -0.4 is 0 Å². The number of hydrogen-bond acceptors (Lipinski definition) is 4. The van der Waals surface area contributed by atoms with Gasteiger partial charge in [0.1, 0.15) is 6.04 Å². The molecule has 0 saturated carbocycles. The van der Waals surface area contributed by atoms with Crippen LogP contribution >= 0.6 is 0 Å². The number of carbonyl (C=O) groups excluding carboxylic acids is 2. The summed E-state index contributed by atoms with van der Waals surface area (Å²) in [7, 11) is 6.32. The molecule has 1 rings (SSSR count). The topological polar surface area (TPSA) is 55.8 Å². The van der Waals surface area contributed by atoms with Crippen molar-refractivity contribution < 1.29 is 19.0 Å². The summed E-state index contributed by atoms with van der Waals surface area (Å²) in [5.74, 6) is -0.637. The van der Waals surface area contributed by atoms with E-state index < -0.39 is 18.1 Å². The van der Waals surface area contributed by atoms with Crippen molar-refractivity contribution in [3.05, 3.63) is 35.9 Å². The Balaban J connectivity index is 3.12. The highest BCUT2D eigenvalue weighted by molar-refractivity contribution is 6.06. The molecule has 0 fully saturated rings. The van der Waals surface area contributed by atoms with Gasteiger partial charge in [0.25, 0.3) is 0 Å². The first kappa shape index (κ1) is 18.1. The number of benzene rings is 1. The first-order valence-corrected chi connectivity index (χ1v) is 7.38. The quantitative estimate of drug-likeness (QED) is 0.727. The van der Waals surface area contributed by atoms with Crippen LogP contribution in [0.4, 0.5) is 4.79 Å².